The lowest BCUT2D eigenvalue weighted by atomic mass is 10.0. The summed E-state index contributed by atoms with van der Waals surface area (Å²) in [4.78, 5) is 28.1. The van der Waals surface area contributed by atoms with Crippen LogP contribution in [0.3, 0.4) is 0 Å². The monoisotopic (exact) mass is 283 g/mol. The van der Waals surface area contributed by atoms with Gasteiger partial charge < -0.3 is 10.4 Å². The lowest BCUT2D eigenvalue weighted by molar-refractivity contribution is -0.142. The van der Waals surface area contributed by atoms with E-state index in [2.05, 4.69) is 15.6 Å². The molecule has 1 fully saturated rings. The molecule has 1 aromatic rings. The van der Waals surface area contributed by atoms with Gasteiger partial charge in [-0.05, 0) is 26.7 Å². The molecule has 0 aliphatic heterocycles. The van der Waals surface area contributed by atoms with Gasteiger partial charge in [0, 0.05) is 10.9 Å². The molecule has 0 saturated heterocycles. The first kappa shape index (κ1) is 13.8. The molecule has 1 aliphatic rings. The summed E-state index contributed by atoms with van der Waals surface area (Å²) in [6, 6.07) is -0.674. The highest BCUT2D eigenvalue weighted by molar-refractivity contribution is 7.15. The molecule has 2 unspecified atom stereocenters. The van der Waals surface area contributed by atoms with Crippen molar-refractivity contribution in [1.82, 2.24) is 10.3 Å². The summed E-state index contributed by atoms with van der Waals surface area (Å²) in [6.07, 6.45) is 2.16. The number of aryl methyl sites for hydroxylation is 2. The smallest absolute Gasteiger partial charge is 0.321 e. The van der Waals surface area contributed by atoms with Gasteiger partial charge in [0.05, 0.1) is 11.6 Å². The van der Waals surface area contributed by atoms with Crippen molar-refractivity contribution in [1.29, 1.82) is 0 Å². The highest BCUT2D eigenvalue weighted by Gasteiger charge is 2.33. The first-order valence-corrected chi connectivity index (χ1v) is 7.03. The molecule has 1 aliphatic carbocycles. The average Bonchev–Trinajstić information content (AvgIpc) is 2.87. The standard InChI is InChI=1S/C12H17N3O3S/c1-6-7(2)19-12(13-6)15-11(18)14-9-5-3-4-8(9)10(16)17/h8-9H,3-5H2,1-2H3,(H,16,17)(H2,13,14,15,18). The van der Waals surface area contributed by atoms with Crippen molar-refractivity contribution in [3.05, 3.63) is 10.6 Å². The van der Waals surface area contributed by atoms with E-state index < -0.39 is 11.9 Å². The SMILES string of the molecule is Cc1nc(NC(=O)NC2CCCC2C(=O)O)sc1C. The van der Waals surface area contributed by atoms with Crippen molar-refractivity contribution >= 4 is 28.5 Å². The predicted molar refractivity (Wildman–Crippen MR) is 72.5 cm³/mol. The van der Waals surface area contributed by atoms with E-state index >= 15 is 0 Å². The number of rotatable bonds is 3. The average molecular weight is 283 g/mol. The number of aliphatic carboxylic acids is 1. The molecule has 1 heterocycles. The van der Waals surface area contributed by atoms with E-state index in [0.717, 1.165) is 17.0 Å². The second kappa shape index (κ2) is 5.56. The third-order valence-corrected chi connectivity index (χ3v) is 4.39. The van der Waals surface area contributed by atoms with Crippen molar-refractivity contribution in [3.63, 3.8) is 0 Å². The number of urea groups is 1. The fraction of sp³-hybridized carbons (Fsp3) is 0.583. The van der Waals surface area contributed by atoms with Gasteiger partial charge >= 0.3 is 12.0 Å². The van der Waals surface area contributed by atoms with E-state index in [1.807, 2.05) is 13.8 Å². The van der Waals surface area contributed by atoms with Crippen LogP contribution < -0.4 is 10.6 Å². The Bertz CT molecular complexity index is 481. The summed E-state index contributed by atoms with van der Waals surface area (Å²) < 4.78 is 0. The molecule has 0 bridgehead atoms. The fourth-order valence-corrected chi connectivity index (χ4v) is 3.07. The highest BCUT2D eigenvalue weighted by Crippen LogP contribution is 2.26. The van der Waals surface area contributed by atoms with Gasteiger partial charge in [-0.25, -0.2) is 9.78 Å². The van der Waals surface area contributed by atoms with Gasteiger partial charge in [0.15, 0.2) is 5.13 Å². The van der Waals surface area contributed by atoms with E-state index in [-0.39, 0.29) is 12.1 Å². The quantitative estimate of drug-likeness (QED) is 0.792. The number of amides is 2. The summed E-state index contributed by atoms with van der Waals surface area (Å²) in [5.74, 6) is -1.32. The zero-order valence-corrected chi connectivity index (χ0v) is 11.7. The molecule has 0 radical (unpaired) electrons. The Morgan fingerprint density at radius 1 is 1.37 bits per heavy atom. The summed E-state index contributed by atoms with van der Waals surface area (Å²) in [5.41, 5.74) is 0.893. The molecule has 2 amide bonds. The van der Waals surface area contributed by atoms with Crippen LogP contribution in [0.1, 0.15) is 29.8 Å². The maximum Gasteiger partial charge on any atom is 0.321 e. The molecule has 3 N–H and O–H groups in total. The first-order chi connectivity index (χ1) is 8.97. The number of carboxylic acids is 1. The van der Waals surface area contributed by atoms with Crippen LogP contribution in [0.25, 0.3) is 0 Å². The first-order valence-electron chi connectivity index (χ1n) is 6.21. The van der Waals surface area contributed by atoms with Crippen LogP contribution in [0, 0.1) is 19.8 Å². The number of anilines is 1. The molecule has 19 heavy (non-hydrogen) atoms. The van der Waals surface area contributed by atoms with Crippen molar-refractivity contribution < 1.29 is 14.7 Å². The zero-order chi connectivity index (χ0) is 14.0. The summed E-state index contributed by atoms with van der Waals surface area (Å²) in [6.45, 7) is 3.82. The Labute approximate surface area is 115 Å². The number of carboxylic acid groups (broad SMARTS) is 1. The second-order valence-electron chi connectivity index (χ2n) is 4.74. The second-order valence-corrected chi connectivity index (χ2v) is 5.94. The number of hydrogen-bond acceptors (Lipinski definition) is 4. The predicted octanol–water partition coefficient (Wildman–Crippen LogP) is 2.13. The molecular weight excluding hydrogens is 266 g/mol. The topological polar surface area (TPSA) is 91.3 Å². The van der Waals surface area contributed by atoms with Gasteiger partial charge in [-0.2, -0.15) is 0 Å². The van der Waals surface area contributed by atoms with Crippen LogP contribution in [-0.4, -0.2) is 28.1 Å². The number of nitrogens with one attached hydrogen (secondary N) is 2. The largest absolute Gasteiger partial charge is 0.481 e. The number of carbonyl (C=O) groups is 2. The van der Waals surface area contributed by atoms with Crippen LogP contribution >= 0.6 is 11.3 Å². The number of nitrogens with zero attached hydrogens (tertiary/aromatic N) is 1. The highest BCUT2D eigenvalue weighted by atomic mass is 32.1. The van der Waals surface area contributed by atoms with Crippen LogP contribution in [0.15, 0.2) is 0 Å². The van der Waals surface area contributed by atoms with Gasteiger partial charge in [0.25, 0.3) is 0 Å². The van der Waals surface area contributed by atoms with E-state index in [9.17, 15) is 9.59 Å². The number of hydrogen-bond donors (Lipinski definition) is 3. The molecule has 1 aromatic heterocycles. The summed E-state index contributed by atoms with van der Waals surface area (Å²) in [7, 11) is 0. The van der Waals surface area contributed by atoms with E-state index in [1.165, 1.54) is 11.3 Å². The van der Waals surface area contributed by atoms with Crippen LogP contribution in [0.2, 0.25) is 0 Å². The van der Waals surface area contributed by atoms with E-state index in [1.54, 1.807) is 0 Å². The van der Waals surface area contributed by atoms with Crippen molar-refractivity contribution in [2.45, 2.75) is 39.2 Å². The minimum atomic E-state index is -0.844. The fourth-order valence-electron chi connectivity index (χ4n) is 2.26. The number of aromatic nitrogens is 1. The lowest BCUT2D eigenvalue weighted by Crippen LogP contribution is -2.42. The van der Waals surface area contributed by atoms with Crippen LogP contribution in [0.5, 0.6) is 0 Å². The Morgan fingerprint density at radius 3 is 2.68 bits per heavy atom. The summed E-state index contributed by atoms with van der Waals surface area (Å²) >= 11 is 1.41. The Morgan fingerprint density at radius 2 is 2.11 bits per heavy atom. The third-order valence-electron chi connectivity index (χ3n) is 3.40. The molecule has 6 nitrogen and oxygen atoms in total. The normalized spacial score (nSPS) is 22.2. The molecule has 0 spiro atoms. The lowest BCUT2D eigenvalue weighted by Gasteiger charge is -2.17. The van der Waals surface area contributed by atoms with Gasteiger partial charge in [-0.3, -0.25) is 10.1 Å². The number of thiazole rings is 1. The van der Waals surface area contributed by atoms with Crippen molar-refractivity contribution in [2.24, 2.45) is 5.92 Å². The third kappa shape index (κ3) is 3.23. The Hall–Kier alpha value is -1.63. The molecular formula is C12H17N3O3S. The molecule has 2 rings (SSSR count). The Balaban J connectivity index is 1.92. The molecule has 1 saturated carbocycles. The van der Waals surface area contributed by atoms with Crippen LogP contribution in [0.4, 0.5) is 9.93 Å². The zero-order valence-electron chi connectivity index (χ0n) is 10.9. The van der Waals surface area contributed by atoms with Gasteiger partial charge in [-0.15, -0.1) is 11.3 Å². The maximum atomic E-state index is 11.8. The minimum Gasteiger partial charge on any atom is -0.481 e. The van der Waals surface area contributed by atoms with Gasteiger partial charge in [0.2, 0.25) is 0 Å². The molecule has 7 heteroatoms. The van der Waals surface area contributed by atoms with Crippen LogP contribution in [-0.2, 0) is 4.79 Å². The van der Waals surface area contributed by atoms with Gasteiger partial charge in [-0.1, -0.05) is 6.42 Å². The molecule has 2 atom stereocenters. The molecule has 0 aromatic carbocycles. The maximum absolute atomic E-state index is 11.8. The van der Waals surface area contributed by atoms with E-state index in [0.29, 0.717) is 18.0 Å². The summed E-state index contributed by atoms with van der Waals surface area (Å²) in [5, 5.41) is 15.0. The van der Waals surface area contributed by atoms with Gasteiger partial charge in [0.1, 0.15) is 0 Å². The Kier molecular flexibility index (Phi) is 4.04. The van der Waals surface area contributed by atoms with E-state index in [4.69, 9.17) is 5.11 Å². The van der Waals surface area contributed by atoms with Crippen molar-refractivity contribution in [3.8, 4) is 0 Å². The van der Waals surface area contributed by atoms with Crippen molar-refractivity contribution in [2.75, 3.05) is 5.32 Å². The molecule has 104 valence electrons. The minimum absolute atomic E-state index is 0.292. The number of carbonyl (C=O) groups excluding carboxylic acids is 1.